The normalized spacial score (nSPS) is 14.2. The van der Waals surface area contributed by atoms with E-state index >= 15 is 0 Å². The summed E-state index contributed by atoms with van der Waals surface area (Å²) in [6, 6.07) is 12.2. The van der Waals surface area contributed by atoms with E-state index in [0.29, 0.717) is 5.69 Å². The lowest BCUT2D eigenvalue weighted by Gasteiger charge is -2.16. The molecule has 1 aromatic heterocycles. The number of Topliss-reactive ketones (excluding diaryl/α,β-unsaturated/α-hetero) is 1. The molecule has 3 rings (SSSR count). The lowest BCUT2D eigenvalue weighted by molar-refractivity contribution is 0.0972. The minimum Gasteiger partial charge on any atom is -0.397 e. The molecule has 3 nitrogen and oxygen atoms in total. The zero-order valence-corrected chi connectivity index (χ0v) is 12.3. The van der Waals surface area contributed by atoms with Crippen LogP contribution in [0.5, 0.6) is 0 Å². The standard InChI is InChI=1S/C16H18N2OS/c1-18(10-11-5-3-2-4-6-11)14-9-13(17)16(20-14)15(19)12-7-8-12/h2-6,9,12H,7-8,10,17H2,1H3. The van der Waals surface area contributed by atoms with Crippen LogP contribution in [0.2, 0.25) is 0 Å². The number of carbonyl (C=O) groups is 1. The monoisotopic (exact) mass is 286 g/mol. The molecular formula is C16H18N2OS. The van der Waals surface area contributed by atoms with Crippen LogP contribution in [0.15, 0.2) is 36.4 Å². The Morgan fingerprint density at radius 1 is 1.35 bits per heavy atom. The first-order valence-electron chi connectivity index (χ1n) is 6.83. The van der Waals surface area contributed by atoms with Gasteiger partial charge >= 0.3 is 0 Å². The highest BCUT2D eigenvalue weighted by molar-refractivity contribution is 7.18. The lowest BCUT2D eigenvalue weighted by atomic mass is 10.2. The summed E-state index contributed by atoms with van der Waals surface area (Å²) >= 11 is 1.51. The van der Waals surface area contributed by atoms with Gasteiger partial charge in [-0.1, -0.05) is 30.3 Å². The fraction of sp³-hybridized carbons (Fsp3) is 0.312. The van der Waals surface area contributed by atoms with Crippen LogP contribution in [0.4, 0.5) is 10.7 Å². The number of nitrogens with zero attached hydrogens (tertiary/aromatic N) is 1. The van der Waals surface area contributed by atoms with Crippen LogP contribution >= 0.6 is 11.3 Å². The zero-order chi connectivity index (χ0) is 14.1. The number of ketones is 1. The second kappa shape index (κ2) is 5.29. The van der Waals surface area contributed by atoms with Crippen molar-refractivity contribution >= 4 is 27.8 Å². The Morgan fingerprint density at radius 2 is 2.05 bits per heavy atom. The van der Waals surface area contributed by atoms with Gasteiger partial charge in [0.05, 0.1) is 15.6 Å². The van der Waals surface area contributed by atoms with E-state index in [0.717, 1.165) is 29.3 Å². The van der Waals surface area contributed by atoms with Crippen molar-refractivity contribution in [2.45, 2.75) is 19.4 Å². The van der Waals surface area contributed by atoms with Gasteiger partial charge in [0, 0.05) is 19.5 Å². The highest BCUT2D eigenvalue weighted by atomic mass is 32.1. The van der Waals surface area contributed by atoms with Crippen molar-refractivity contribution in [2.24, 2.45) is 5.92 Å². The van der Waals surface area contributed by atoms with Crippen molar-refractivity contribution in [3.05, 3.63) is 46.8 Å². The predicted octanol–water partition coefficient (Wildman–Crippen LogP) is 3.56. The number of thiophene rings is 1. The van der Waals surface area contributed by atoms with E-state index in [9.17, 15) is 4.79 Å². The van der Waals surface area contributed by atoms with Crippen LogP contribution in [0.3, 0.4) is 0 Å². The van der Waals surface area contributed by atoms with Gasteiger partial charge in [0.15, 0.2) is 5.78 Å². The first kappa shape index (κ1) is 13.2. The first-order valence-corrected chi connectivity index (χ1v) is 7.65. The summed E-state index contributed by atoms with van der Waals surface area (Å²) in [5, 5.41) is 1.05. The van der Waals surface area contributed by atoms with Gasteiger partial charge in [0.2, 0.25) is 0 Å². The van der Waals surface area contributed by atoms with E-state index in [1.165, 1.54) is 16.9 Å². The van der Waals surface area contributed by atoms with Crippen molar-refractivity contribution in [3.63, 3.8) is 0 Å². The number of hydrogen-bond acceptors (Lipinski definition) is 4. The smallest absolute Gasteiger partial charge is 0.178 e. The molecule has 1 aromatic carbocycles. The van der Waals surface area contributed by atoms with Crippen LogP contribution in [0.1, 0.15) is 28.1 Å². The third-order valence-corrected chi connectivity index (χ3v) is 4.84. The Balaban J connectivity index is 1.76. The van der Waals surface area contributed by atoms with Gasteiger partial charge in [-0.05, 0) is 24.5 Å². The summed E-state index contributed by atoms with van der Waals surface area (Å²) in [5.74, 6) is 0.454. The molecule has 0 atom stereocenters. The van der Waals surface area contributed by atoms with Crippen LogP contribution in [0, 0.1) is 5.92 Å². The van der Waals surface area contributed by atoms with E-state index in [1.54, 1.807) is 0 Å². The maximum absolute atomic E-state index is 12.1. The number of nitrogens with two attached hydrogens (primary N) is 1. The quantitative estimate of drug-likeness (QED) is 0.855. The van der Waals surface area contributed by atoms with Gasteiger partial charge in [-0.15, -0.1) is 11.3 Å². The molecule has 0 spiro atoms. The van der Waals surface area contributed by atoms with Crippen molar-refractivity contribution in [1.82, 2.24) is 0 Å². The molecule has 2 aromatic rings. The summed E-state index contributed by atoms with van der Waals surface area (Å²) in [4.78, 5) is 15.0. The topological polar surface area (TPSA) is 46.3 Å². The molecule has 104 valence electrons. The summed E-state index contributed by atoms with van der Waals surface area (Å²) in [6.07, 6.45) is 2.04. The number of rotatable bonds is 5. The molecule has 0 unspecified atom stereocenters. The maximum atomic E-state index is 12.1. The van der Waals surface area contributed by atoms with E-state index in [-0.39, 0.29) is 11.7 Å². The molecule has 0 amide bonds. The van der Waals surface area contributed by atoms with Crippen molar-refractivity contribution in [3.8, 4) is 0 Å². The van der Waals surface area contributed by atoms with Crippen LogP contribution in [0.25, 0.3) is 0 Å². The fourth-order valence-electron chi connectivity index (χ4n) is 2.24. The summed E-state index contributed by atoms with van der Waals surface area (Å²) < 4.78 is 0. The molecule has 1 aliphatic rings. The van der Waals surface area contributed by atoms with E-state index in [2.05, 4.69) is 17.0 Å². The Labute approximate surface area is 123 Å². The highest BCUT2D eigenvalue weighted by Crippen LogP contribution is 2.39. The predicted molar refractivity (Wildman–Crippen MR) is 84.3 cm³/mol. The molecule has 0 bridgehead atoms. The van der Waals surface area contributed by atoms with Crippen molar-refractivity contribution < 1.29 is 4.79 Å². The lowest BCUT2D eigenvalue weighted by Crippen LogP contribution is -2.14. The minimum atomic E-state index is 0.225. The molecule has 1 saturated carbocycles. The largest absolute Gasteiger partial charge is 0.397 e. The number of carbonyl (C=O) groups excluding carboxylic acids is 1. The molecule has 0 aliphatic heterocycles. The number of hydrogen-bond donors (Lipinski definition) is 1. The van der Waals surface area contributed by atoms with E-state index in [1.807, 2.05) is 31.3 Å². The van der Waals surface area contributed by atoms with Crippen molar-refractivity contribution in [1.29, 1.82) is 0 Å². The number of benzene rings is 1. The van der Waals surface area contributed by atoms with E-state index < -0.39 is 0 Å². The van der Waals surface area contributed by atoms with Crippen LogP contribution in [-0.2, 0) is 6.54 Å². The first-order chi connectivity index (χ1) is 9.65. The molecule has 1 heterocycles. The van der Waals surface area contributed by atoms with Gasteiger partial charge in [-0.2, -0.15) is 0 Å². The number of nitrogen functional groups attached to an aromatic ring is 1. The highest BCUT2D eigenvalue weighted by Gasteiger charge is 2.32. The molecule has 2 N–H and O–H groups in total. The zero-order valence-electron chi connectivity index (χ0n) is 11.5. The molecular weight excluding hydrogens is 268 g/mol. The van der Waals surface area contributed by atoms with Gasteiger partial charge in [-0.3, -0.25) is 4.79 Å². The molecule has 4 heteroatoms. The molecule has 1 fully saturated rings. The molecule has 0 saturated heterocycles. The summed E-state index contributed by atoms with van der Waals surface area (Å²) in [5.41, 5.74) is 7.88. The molecule has 0 radical (unpaired) electrons. The van der Waals surface area contributed by atoms with Crippen LogP contribution < -0.4 is 10.6 Å². The van der Waals surface area contributed by atoms with Crippen molar-refractivity contribution in [2.75, 3.05) is 17.7 Å². The Bertz CT molecular complexity index is 617. The maximum Gasteiger partial charge on any atom is 0.178 e. The Hall–Kier alpha value is -1.81. The van der Waals surface area contributed by atoms with Crippen LogP contribution in [-0.4, -0.2) is 12.8 Å². The second-order valence-corrected chi connectivity index (χ2v) is 6.38. The van der Waals surface area contributed by atoms with Gasteiger partial charge < -0.3 is 10.6 Å². The Kier molecular flexibility index (Phi) is 3.49. The minimum absolute atomic E-state index is 0.225. The van der Waals surface area contributed by atoms with Gasteiger partial charge in [-0.25, -0.2) is 0 Å². The fourth-order valence-corrected chi connectivity index (χ4v) is 3.30. The van der Waals surface area contributed by atoms with Gasteiger partial charge in [0.1, 0.15) is 0 Å². The SMILES string of the molecule is CN(Cc1ccccc1)c1cc(N)c(C(=O)C2CC2)s1. The third kappa shape index (κ3) is 2.70. The average Bonchev–Trinajstić information content (AvgIpc) is 3.22. The Morgan fingerprint density at radius 3 is 2.70 bits per heavy atom. The van der Waals surface area contributed by atoms with Gasteiger partial charge in [0.25, 0.3) is 0 Å². The molecule has 20 heavy (non-hydrogen) atoms. The average molecular weight is 286 g/mol. The second-order valence-electron chi connectivity index (χ2n) is 5.35. The third-order valence-electron chi connectivity index (χ3n) is 3.56. The number of anilines is 2. The summed E-state index contributed by atoms with van der Waals surface area (Å²) in [6.45, 7) is 0.817. The molecule has 1 aliphatic carbocycles. The summed E-state index contributed by atoms with van der Waals surface area (Å²) in [7, 11) is 2.03. The van der Waals surface area contributed by atoms with E-state index in [4.69, 9.17) is 5.73 Å².